The van der Waals surface area contributed by atoms with Gasteiger partial charge in [0, 0.05) is 19.1 Å². The Morgan fingerprint density at radius 2 is 2.00 bits per heavy atom. The molecule has 1 amide bonds. The number of nitrogens with one attached hydrogen (secondary N) is 1. The lowest BCUT2D eigenvalue weighted by molar-refractivity contribution is -0.135. The van der Waals surface area contributed by atoms with Crippen molar-refractivity contribution < 1.29 is 4.79 Å². The minimum Gasteiger partial charge on any atom is -0.338 e. The molecule has 0 spiro atoms. The molecule has 1 saturated heterocycles. The fourth-order valence-electron chi connectivity index (χ4n) is 3.27. The Morgan fingerprint density at radius 1 is 1.32 bits per heavy atom. The van der Waals surface area contributed by atoms with E-state index in [-0.39, 0.29) is 18.4 Å². The molecule has 106 valence electrons. The fourth-order valence-corrected chi connectivity index (χ4v) is 3.27. The Morgan fingerprint density at radius 3 is 2.63 bits per heavy atom. The first-order chi connectivity index (χ1) is 9.22. The highest BCUT2D eigenvalue weighted by atomic mass is 16.2. The van der Waals surface area contributed by atoms with Gasteiger partial charge in [-0.25, -0.2) is 0 Å². The quantitative estimate of drug-likeness (QED) is 0.776. The minimum atomic E-state index is -0.293. The normalized spacial score (nSPS) is 30.5. The molecule has 0 aromatic carbocycles. The van der Waals surface area contributed by atoms with Gasteiger partial charge in [-0.3, -0.25) is 4.79 Å². The van der Waals surface area contributed by atoms with Crippen LogP contribution in [0.2, 0.25) is 0 Å². The van der Waals surface area contributed by atoms with Crippen LogP contribution in [0.3, 0.4) is 0 Å². The molecule has 2 rings (SSSR count). The molecule has 0 aromatic rings. The average Bonchev–Trinajstić information content (AvgIpc) is 2.74. The van der Waals surface area contributed by atoms with Gasteiger partial charge in [0.15, 0.2) is 0 Å². The van der Waals surface area contributed by atoms with Crippen molar-refractivity contribution in [2.24, 2.45) is 5.92 Å². The van der Waals surface area contributed by atoms with E-state index in [2.05, 4.69) is 23.2 Å². The van der Waals surface area contributed by atoms with Gasteiger partial charge in [-0.1, -0.05) is 32.6 Å². The van der Waals surface area contributed by atoms with Gasteiger partial charge in [-0.15, -0.1) is 0 Å². The van der Waals surface area contributed by atoms with Gasteiger partial charge in [-0.2, -0.15) is 5.26 Å². The molecule has 1 aliphatic heterocycles. The van der Waals surface area contributed by atoms with Crippen LogP contribution in [-0.2, 0) is 4.79 Å². The van der Waals surface area contributed by atoms with E-state index >= 15 is 0 Å². The summed E-state index contributed by atoms with van der Waals surface area (Å²) in [6.45, 7) is 3.86. The first-order valence-corrected chi connectivity index (χ1v) is 7.63. The van der Waals surface area contributed by atoms with E-state index in [1.807, 2.05) is 0 Å². The number of rotatable bonds is 2. The second-order valence-electron chi connectivity index (χ2n) is 6.06. The van der Waals surface area contributed by atoms with Crippen molar-refractivity contribution in [1.82, 2.24) is 10.2 Å². The number of nitriles is 1. The summed E-state index contributed by atoms with van der Waals surface area (Å²) >= 11 is 0. The summed E-state index contributed by atoms with van der Waals surface area (Å²) in [5.74, 6) is 0.619. The number of carbonyl (C=O) groups excluding carboxylic acids is 1. The summed E-state index contributed by atoms with van der Waals surface area (Å²) in [5, 5.41) is 12.1. The van der Waals surface area contributed by atoms with Gasteiger partial charge in [0.1, 0.15) is 0 Å². The van der Waals surface area contributed by atoms with Gasteiger partial charge in [0.2, 0.25) is 5.91 Å². The largest absolute Gasteiger partial charge is 0.338 e. The summed E-state index contributed by atoms with van der Waals surface area (Å²) in [6, 6.07) is 2.24. The van der Waals surface area contributed by atoms with Crippen molar-refractivity contribution in [1.29, 1.82) is 5.26 Å². The predicted octanol–water partition coefficient (Wildman–Crippen LogP) is 2.06. The number of amides is 1. The maximum Gasteiger partial charge on any atom is 0.241 e. The zero-order valence-corrected chi connectivity index (χ0v) is 11.9. The van der Waals surface area contributed by atoms with Crippen molar-refractivity contribution in [3.63, 3.8) is 0 Å². The van der Waals surface area contributed by atoms with Crippen LogP contribution >= 0.6 is 0 Å². The third-order valence-corrected chi connectivity index (χ3v) is 4.36. The van der Waals surface area contributed by atoms with E-state index in [0.29, 0.717) is 12.0 Å². The summed E-state index contributed by atoms with van der Waals surface area (Å²) in [7, 11) is 0. The second-order valence-corrected chi connectivity index (χ2v) is 6.06. The maximum absolute atomic E-state index is 12.6. The van der Waals surface area contributed by atoms with Crippen LogP contribution in [-0.4, -0.2) is 36.0 Å². The Balaban J connectivity index is 2.10. The molecule has 2 atom stereocenters. The Kier molecular flexibility index (Phi) is 5.21. The van der Waals surface area contributed by atoms with E-state index in [1.54, 1.807) is 0 Å². The molecule has 2 aliphatic rings. The maximum atomic E-state index is 12.6. The lowest BCUT2D eigenvalue weighted by Crippen LogP contribution is -2.48. The highest BCUT2D eigenvalue weighted by molar-refractivity contribution is 5.82. The van der Waals surface area contributed by atoms with Crippen molar-refractivity contribution >= 4 is 5.91 Å². The molecule has 1 saturated carbocycles. The van der Waals surface area contributed by atoms with Crippen molar-refractivity contribution in [3.05, 3.63) is 0 Å². The van der Waals surface area contributed by atoms with Crippen LogP contribution in [0.5, 0.6) is 0 Å². The Bertz CT molecular complexity index is 342. The molecule has 0 radical (unpaired) electrons. The fraction of sp³-hybridized carbons (Fsp3) is 0.867. The molecule has 0 bridgehead atoms. The SMILES string of the molecule is CC1CNC(CC#N)C(=O)N(C2CCCCCC2)C1. The lowest BCUT2D eigenvalue weighted by Gasteiger charge is -2.32. The Hall–Kier alpha value is -1.08. The third kappa shape index (κ3) is 3.70. The van der Waals surface area contributed by atoms with E-state index in [0.717, 1.165) is 25.9 Å². The van der Waals surface area contributed by atoms with Crippen molar-refractivity contribution in [2.75, 3.05) is 13.1 Å². The molecule has 1 aliphatic carbocycles. The molecule has 2 fully saturated rings. The van der Waals surface area contributed by atoms with Crippen LogP contribution in [0.25, 0.3) is 0 Å². The number of hydrogen-bond acceptors (Lipinski definition) is 3. The van der Waals surface area contributed by atoms with Gasteiger partial charge >= 0.3 is 0 Å². The first-order valence-electron chi connectivity index (χ1n) is 7.63. The molecular formula is C15H25N3O. The zero-order valence-electron chi connectivity index (χ0n) is 11.9. The summed E-state index contributed by atoms with van der Waals surface area (Å²) in [6.07, 6.45) is 7.63. The van der Waals surface area contributed by atoms with Gasteiger partial charge in [-0.05, 0) is 18.8 Å². The number of nitrogens with zero attached hydrogens (tertiary/aromatic N) is 2. The molecular weight excluding hydrogens is 238 g/mol. The summed E-state index contributed by atoms with van der Waals surface area (Å²) in [5.41, 5.74) is 0. The molecule has 0 aromatic heterocycles. The number of hydrogen-bond donors (Lipinski definition) is 1. The standard InChI is InChI=1S/C15H25N3O/c1-12-10-17-14(8-9-16)15(19)18(11-12)13-6-4-2-3-5-7-13/h12-14,17H,2-8,10-11H2,1H3. The summed E-state index contributed by atoms with van der Waals surface area (Å²) in [4.78, 5) is 14.7. The highest BCUT2D eigenvalue weighted by Gasteiger charge is 2.33. The van der Waals surface area contributed by atoms with Crippen LogP contribution in [0.4, 0.5) is 0 Å². The van der Waals surface area contributed by atoms with Gasteiger partial charge in [0.05, 0.1) is 18.5 Å². The number of carbonyl (C=O) groups is 1. The van der Waals surface area contributed by atoms with Crippen LogP contribution in [0.1, 0.15) is 51.9 Å². The smallest absolute Gasteiger partial charge is 0.241 e. The van der Waals surface area contributed by atoms with Crippen molar-refractivity contribution in [3.8, 4) is 6.07 Å². The average molecular weight is 263 g/mol. The van der Waals surface area contributed by atoms with Crippen LogP contribution < -0.4 is 5.32 Å². The van der Waals surface area contributed by atoms with Crippen molar-refractivity contribution in [2.45, 2.75) is 64.0 Å². The topological polar surface area (TPSA) is 56.1 Å². The molecule has 2 unspecified atom stereocenters. The third-order valence-electron chi connectivity index (χ3n) is 4.36. The zero-order chi connectivity index (χ0) is 13.7. The lowest BCUT2D eigenvalue weighted by atomic mass is 10.0. The highest BCUT2D eigenvalue weighted by Crippen LogP contribution is 2.24. The van der Waals surface area contributed by atoms with E-state index in [1.165, 1.54) is 25.7 Å². The first kappa shape index (κ1) is 14.3. The predicted molar refractivity (Wildman–Crippen MR) is 74.4 cm³/mol. The van der Waals surface area contributed by atoms with Gasteiger partial charge in [0.25, 0.3) is 0 Å². The van der Waals surface area contributed by atoms with E-state index in [4.69, 9.17) is 5.26 Å². The molecule has 1 N–H and O–H groups in total. The molecule has 1 heterocycles. The van der Waals surface area contributed by atoms with Gasteiger partial charge < -0.3 is 10.2 Å². The minimum absolute atomic E-state index is 0.151. The van der Waals surface area contributed by atoms with Crippen LogP contribution in [0, 0.1) is 17.2 Å². The molecule has 19 heavy (non-hydrogen) atoms. The Labute approximate surface area is 116 Å². The summed E-state index contributed by atoms with van der Waals surface area (Å²) < 4.78 is 0. The molecule has 4 heteroatoms. The van der Waals surface area contributed by atoms with E-state index < -0.39 is 0 Å². The second kappa shape index (κ2) is 6.91. The van der Waals surface area contributed by atoms with E-state index in [9.17, 15) is 4.79 Å². The molecule has 4 nitrogen and oxygen atoms in total. The monoisotopic (exact) mass is 263 g/mol. The van der Waals surface area contributed by atoms with Crippen LogP contribution in [0.15, 0.2) is 0 Å².